The molecule has 0 fully saturated rings. The highest BCUT2D eigenvalue weighted by molar-refractivity contribution is 7.18. The maximum atomic E-state index is 12.7. The number of ether oxygens (including phenoxy) is 2. The molecule has 0 spiro atoms. The average molecular weight is 355 g/mol. The molecule has 128 valence electrons. The van der Waals surface area contributed by atoms with Gasteiger partial charge in [0, 0.05) is 5.56 Å². The Morgan fingerprint density at radius 2 is 1.92 bits per heavy atom. The van der Waals surface area contributed by atoms with Crippen LogP contribution in [0, 0.1) is 0 Å². The van der Waals surface area contributed by atoms with E-state index in [1.807, 2.05) is 24.3 Å². The van der Waals surface area contributed by atoms with Gasteiger partial charge in [-0.25, -0.2) is 4.98 Å². The molecule has 0 bridgehead atoms. The number of ketones is 1. The third kappa shape index (κ3) is 3.56. The first-order valence-electron chi connectivity index (χ1n) is 7.47. The van der Waals surface area contributed by atoms with E-state index in [9.17, 15) is 4.79 Å². The number of para-hydroxylation sites is 2. The molecule has 0 saturated carbocycles. The Hall–Kier alpha value is -3.06. The molecule has 0 aliphatic rings. The molecule has 1 aromatic heterocycles. The minimum absolute atomic E-state index is 0.190. The van der Waals surface area contributed by atoms with Crippen LogP contribution in [0.4, 0.5) is 16.6 Å². The first-order valence-corrected chi connectivity index (χ1v) is 8.29. The number of aromatic nitrogens is 1. The lowest BCUT2D eigenvalue weighted by Crippen LogP contribution is -2.02. The summed E-state index contributed by atoms with van der Waals surface area (Å²) in [6.45, 7) is 0. The normalized spacial score (nSPS) is 10.3. The van der Waals surface area contributed by atoms with Gasteiger partial charge in [0.2, 0.25) is 5.78 Å². The zero-order valence-electron chi connectivity index (χ0n) is 13.8. The van der Waals surface area contributed by atoms with Crippen LogP contribution >= 0.6 is 11.3 Å². The van der Waals surface area contributed by atoms with Crippen LogP contribution in [-0.4, -0.2) is 25.0 Å². The summed E-state index contributed by atoms with van der Waals surface area (Å²) in [5.74, 6) is 1.29. The lowest BCUT2D eigenvalue weighted by atomic mass is 10.1. The predicted octanol–water partition coefficient (Wildman–Crippen LogP) is 3.72. The van der Waals surface area contributed by atoms with E-state index in [1.54, 1.807) is 38.5 Å². The van der Waals surface area contributed by atoms with Crippen molar-refractivity contribution in [3.63, 3.8) is 0 Å². The quantitative estimate of drug-likeness (QED) is 0.656. The molecule has 0 aliphatic heterocycles. The summed E-state index contributed by atoms with van der Waals surface area (Å²) in [6, 6.07) is 14.4. The zero-order chi connectivity index (χ0) is 17.8. The third-order valence-electron chi connectivity index (χ3n) is 3.54. The Bertz CT molecular complexity index is 908. The standard InChI is InChI=1S/C18H17N3O3S/c1-23-12-7-5-6-11(10-12)15(22)16-17(19)21-18(25-16)20-13-8-3-4-9-14(13)24-2/h3-10H,19H2,1-2H3,(H,20,21). The SMILES string of the molecule is COc1cccc(C(=O)c2sc(Nc3ccccc3OC)nc2N)c1. The molecule has 0 atom stereocenters. The fourth-order valence-corrected chi connectivity index (χ4v) is 3.17. The van der Waals surface area contributed by atoms with Gasteiger partial charge in [-0.3, -0.25) is 4.79 Å². The number of nitrogens with zero attached hydrogens (tertiary/aromatic N) is 1. The number of carbonyl (C=O) groups is 1. The van der Waals surface area contributed by atoms with Crippen molar-refractivity contribution < 1.29 is 14.3 Å². The van der Waals surface area contributed by atoms with Crippen molar-refractivity contribution in [2.75, 3.05) is 25.3 Å². The van der Waals surface area contributed by atoms with Gasteiger partial charge in [0.15, 0.2) is 5.13 Å². The number of methoxy groups -OCH3 is 2. The molecule has 3 aromatic rings. The first-order chi connectivity index (χ1) is 12.1. The fourth-order valence-electron chi connectivity index (χ4n) is 2.31. The van der Waals surface area contributed by atoms with Gasteiger partial charge in [-0.1, -0.05) is 35.6 Å². The monoisotopic (exact) mass is 355 g/mol. The van der Waals surface area contributed by atoms with Crippen LogP contribution in [0.3, 0.4) is 0 Å². The van der Waals surface area contributed by atoms with Gasteiger partial charge in [0.1, 0.15) is 22.2 Å². The first kappa shape index (κ1) is 16.8. The highest BCUT2D eigenvalue weighted by atomic mass is 32.1. The van der Waals surface area contributed by atoms with Crippen LogP contribution in [0.25, 0.3) is 0 Å². The van der Waals surface area contributed by atoms with Gasteiger partial charge >= 0.3 is 0 Å². The third-order valence-corrected chi connectivity index (χ3v) is 4.53. The van der Waals surface area contributed by atoms with Gasteiger partial charge in [-0.2, -0.15) is 0 Å². The van der Waals surface area contributed by atoms with Crippen LogP contribution in [-0.2, 0) is 0 Å². The van der Waals surface area contributed by atoms with Gasteiger partial charge in [0.05, 0.1) is 19.9 Å². The van der Waals surface area contributed by atoms with Crippen molar-refractivity contribution in [3.05, 3.63) is 59.0 Å². The van der Waals surface area contributed by atoms with E-state index in [4.69, 9.17) is 15.2 Å². The Morgan fingerprint density at radius 3 is 2.68 bits per heavy atom. The van der Waals surface area contributed by atoms with Crippen molar-refractivity contribution in [1.82, 2.24) is 4.98 Å². The van der Waals surface area contributed by atoms with E-state index in [2.05, 4.69) is 10.3 Å². The van der Waals surface area contributed by atoms with Crippen LogP contribution in [0.2, 0.25) is 0 Å². The fraction of sp³-hybridized carbons (Fsp3) is 0.111. The average Bonchev–Trinajstić information content (AvgIpc) is 3.01. The van der Waals surface area contributed by atoms with Crippen molar-refractivity contribution in [2.24, 2.45) is 0 Å². The lowest BCUT2D eigenvalue weighted by Gasteiger charge is -2.07. The Labute approximate surface area is 149 Å². The molecule has 3 rings (SSSR count). The van der Waals surface area contributed by atoms with Crippen LogP contribution < -0.4 is 20.5 Å². The van der Waals surface area contributed by atoms with E-state index >= 15 is 0 Å². The summed E-state index contributed by atoms with van der Waals surface area (Å²) in [4.78, 5) is 17.3. The van der Waals surface area contributed by atoms with Crippen molar-refractivity contribution >= 4 is 33.8 Å². The largest absolute Gasteiger partial charge is 0.497 e. The van der Waals surface area contributed by atoms with E-state index < -0.39 is 0 Å². The minimum Gasteiger partial charge on any atom is -0.497 e. The van der Waals surface area contributed by atoms with E-state index in [0.29, 0.717) is 27.1 Å². The van der Waals surface area contributed by atoms with E-state index in [0.717, 1.165) is 5.69 Å². The van der Waals surface area contributed by atoms with Crippen molar-refractivity contribution in [2.45, 2.75) is 0 Å². The predicted molar refractivity (Wildman–Crippen MR) is 99.2 cm³/mol. The summed E-state index contributed by atoms with van der Waals surface area (Å²) in [7, 11) is 3.15. The Kier molecular flexibility index (Phi) is 4.85. The molecule has 25 heavy (non-hydrogen) atoms. The number of nitrogens with two attached hydrogens (primary N) is 1. The smallest absolute Gasteiger partial charge is 0.206 e. The van der Waals surface area contributed by atoms with Crippen molar-refractivity contribution in [3.8, 4) is 11.5 Å². The number of hydrogen-bond donors (Lipinski definition) is 2. The maximum absolute atomic E-state index is 12.7. The minimum atomic E-state index is -0.193. The molecule has 7 heteroatoms. The topological polar surface area (TPSA) is 86.5 Å². The molecule has 0 aliphatic carbocycles. The molecule has 1 heterocycles. The number of thiazole rings is 1. The number of carbonyl (C=O) groups excluding carboxylic acids is 1. The number of hydrogen-bond acceptors (Lipinski definition) is 7. The Morgan fingerprint density at radius 1 is 1.12 bits per heavy atom. The highest BCUT2D eigenvalue weighted by Gasteiger charge is 2.19. The van der Waals surface area contributed by atoms with Crippen LogP contribution in [0.1, 0.15) is 15.2 Å². The molecule has 0 unspecified atom stereocenters. The van der Waals surface area contributed by atoms with E-state index in [1.165, 1.54) is 11.3 Å². The molecular weight excluding hydrogens is 338 g/mol. The van der Waals surface area contributed by atoms with Gasteiger partial charge in [-0.05, 0) is 24.3 Å². The Balaban J connectivity index is 1.88. The molecule has 0 amide bonds. The summed E-state index contributed by atoms with van der Waals surface area (Å²) >= 11 is 1.20. The van der Waals surface area contributed by atoms with Gasteiger partial charge in [-0.15, -0.1) is 0 Å². The number of anilines is 3. The van der Waals surface area contributed by atoms with Gasteiger partial charge < -0.3 is 20.5 Å². The second-order valence-corrected chi connectivity index (χ2v) is 6.12. The zero-order valence-corrected chi connectivity index (χ0v) is 14.6. The number of nitrogen functional groups attached to an aromatic ring is 1. The lowest BCUT2D eigenvalue weighted by molar-refractivity contribution is 0.104. The summed E-state index contributed by atoms with van der Waals surface area (Å²) in [5.41, 5.74) is 7.20. The molecule has 0 radical (unpaired) electrons. The highest BCUT2D eigenvalue weighted by Crippen LogP contribution is 2.33. The summed E-state index contributed by atoms with van der Waals surface area (Å²) in [5, 5.41) is 3.66. The number of rotatable bonds is 6. The summed E-state index contributed by atoms with van der Waals surface area (Å²) < 4.78 is 10.5. The molecule has 2 aromatic carbocycles. The second-order valence-electron chi connectivity index (χ2n) is 5.12. The summed E-state index contributed by atoms with van der Waals surface area (Å²) in [6.07, 6.45) is 0. The molecular formula is C18H17N3O3S. The number of nitrogens with one attached hydrogen (secondary N) is 1. The molecule has 3 N–H and O–H groups in total. The van der Waals surface area contributed by atoms with Gasteiger partial charge in [0.25, 0.3) is 0 Å². The molecule has 0 saturated heterocycles. The van der Waals surface area contributed by atoms with E-state index in [-0.39, 0.29) is 11.6 Å². The maximum Gasteiger partial charge on any atom is 0.206 e. The van der Waals surface area contributed by atoms with Crippen LogP contribution in [0.5, 0.6) is 11.5 Å². The number of benzene rings is 2. The van der Waals surface area contributed by atoms with Crippen LogP contribution in [0.15, 0.2) is 48.5 Å². The molecule has 6 nitrogen and oxygen atoms in total. The second kappa shape index (κ2) is 7.23. The van der Waals surface area contributed by atoms with Crippen molar-refractivity contribution in [1.29, 1.82) is 0 Å².